The first-order chi connectivity index (χ1) is 8.19. The Balaban J connectivity index is 2.17. The van der Waals surface area contributed by atoms with Crippen LogP contribution in [0.25, 0.3) is 10.9 Å². The quantitative estimate of drug-likeness (QED) is 0.707. The second-order valence-electron chi connectivity index (χ2n) is 5.28. The summed E-state index contributed by atoms with van der Waals surface area (Å²) in [7, 11) is 0. The molecule has 2 aromatic rings. The maximum Gasteiger partial charge on any atom is 0.0739 e. The van der Waals surface area contributed by atoms with Crippen LogP contribution in [-0.2, 0) is 5.41 Å². The normalized spacial score (nSPS) is 28.7. The molecule has 1 saturated carbocycles. The van der Waals surface area contributed by atoms with E-state index >= 15 is 0 Å². The van der Waals surface area contributed by atoms with Crippen molar-refractivity contribution in [1.82, 2.24) is 4.98 Å². The van der Waals surface area contributed by atoms with Crippen LogP contribution < -0.4 is 0 Å². The molecule has 1 fully saturated rings. The van der Waals surface area contributed by atoms with E-state index in [1.54, 1.807) is 0 Å². The molecule has 0 saturated heterocycles. The van der Waals surface area contributed by atoms with Crippen molar-refractivity contribution in [2.24, 2.45) is 0 Å². The zero-order valence-corrected chi connectivity index (χ0v) is 11.6. The van der Waals surface area contributed by atoms with Crippen LogP contribution in [0.15, 0.2) is 36.5 Å². The minimum absolute atomic E-state index is 0.280. The summed E-state index contributed by atoms with van der Waals surface area (Å²) in [5.41, 5.74) is 2.87. The van der Waals surface area contributed by atoms with Gasteiger partial charge in [-0.3, -0.25) is 4.98 Å². The highest BCUT2D eigenvalue weighted by atomic mass is 79.9. The number of halogens is 1. The lowest BCUT2D eigenvalue weighted by Crippen LogP contribution is -2.18. The predicted octanol–water partition coefficient (Wildman–Crippen LogP) is 4.44. The van der Waals surface area contributed by atoms with Crippen molar-refractivity contribution in [3.63, 3.8) is 0 Å². The van der Waals surface area contributed by atoms with Crippen LogP contribution in [0.1, 0.15) is 31.7 Å². The molecule has 0 amide bonds. The van der Waals surface area contributed by atoms with E-state index in [4.69, 9.17) is 0 Å². The summed E-state index contributed by atoms with van der Waals surface area (Å²) >= 11 is 3.75. The van der Waals surface area contributed by atoms with Crippen molar-refractivity contribution in [2.75, 3.05) is 0 Å². The molecule has 1 heterocycles. The fraction of sp³-hybridized carbons (Fsp3) is 0.400. The zero-order chi connectivity index (χ0) is 11.9. The van der Waals surface area contributed by atoms with E-state index in [0.29, 0.717) is 4.83 Å². The number of hydrogen-bond donors (Lipinski definition) is 0. The van der Waals surface area contributed by atoms with Crippen molar-refractivity contribution in [2.45, 2.75) is 36.4 Å². The second kappa shape index (κ2) is 4.09. The summed E-state index contributed by atoms with van der Waals surface area (Å²) in [6.07, 6.45) is 5.62. The highest BCUT2D eigenvalue weighted by molar-refractivity contribution is 9.09. The van der Waals surface area contributed by atoms with Crippen LogP contribution in [0.3, 0.4) is 0 Å². The molecule has 2 heteroatoms. The van der Waals surface area contributed by atoms with Gasteiger partial charge in [0.2, 0.25) is 0 Å². The largest absolute Gasteiger partial charge is 0.256 e. The number of hydrogen-bond acceptors (Lipinski definition) is 1. The lowest BCUT2D eigenvalue weighted by Gasteiger charge is -2.25. The molecule has 0 radical (unpaired) electrons. The number of nitrogens with zero attached hydrogens (tertiary/aromatic N) is 1. The summed E-state index contributed by atoms with van der Waals surface area (Å²) in [6, 6.07) is 10.7. The lowest BCUT2D eigenvalue weighted by atomic mass is 9.80. The third-order valence-corrected chi connectivity index (χ3v) is 4.75. The summed E-state index contributed by atoms with van der Waals surface area (Å²) in [5, 5.41) is 1.25. The maximum atomic E-state index is 4.58. The Kier molecular flexibility index (Phi) is 2.70. The summed E-state index contributed by atoms with van der Waals surface area (Å²) in [6.45, 7) is 2.37. The van der Waals surface area contributed by atoms with Gasteiger partial charge in [0.1, 0.15) is 0 Å². The molecule has 0 spiro atoms. The molecule has 0 N–H and O–H groups in total. The molecule has 2 atom stereocenters. The Bertz CT molecular complexity index is 546. The Morgan fingerprint density at radius 3 is 2.88 bits per heavy atom. The molecule has 1 aromatic carbocycles. The molecule has 1 nitrogen and oxygen atoms in total. The van der Waals surface area contributed by atoms with Crippen LogP contribution in [0, 0.1) is 0 Å². The van der Waals surface area contributed by atoms with Gasteiger partial charge < -0.3 is 0 Å². The molecular weight excluding hydrogens is 274 g/mol. The van der Waals surface area contributed by atoms with Gasteiger partial charge in [-0.25, -0.2) is 0 Å². The highest BCUT2D eigenvalue weighted by Crippen LogP contribution is 2.45. The first-order valence-electron chi connectivity index (χ1n) is 6.17. The van der Waals surface area contributed by atoms with Gasteiger partial charge in [0, 0.05) is 16.4 Å². The predicted molar refractivity (Wildman–Crippen MR) is 75.7 cm³/mol. The Morgan fingerprint density at radius 2 is 2.12 bits per heavy atom. The van der Waals surface area contributed by atoms with Gasteiger partial charge in [-0.2, -0.15) is 0 Å². The molecule has 1 aromatic heterocycles. The topological polar surface area (TPSA) is 12.9 Å². The van der Waals surface area contributed by atoms with Gasteiger partial charge in [0.15, 0.2) is 0 Å². The first-order valence-corrected chi connectivity index (χ1v) is 7.09. The number of benzene rings is 1. The highest BCUT2D eigenvalue weighted by Gasteiger charge is 2.36. The number of pyridine rings is 1. The summed E-state index contributed by atoms with van der Waals surface area (Å²) in [4.78, 5) is 5.24. The van der Waals surface area contributed by atoms with E-state index in [-0.39, 0.29) is 5.41 Å². The van der Waals surface area contributed by atoms with Crippen LogP contribution in [0.2, 0.25) is 0 Å². The molecule has 17 heavy (non-hydrogen) atoms. The number of aromatic nitrogens is 1. The minimum atomic E-state index is 0.280. The maximum absolute atomic E-state index is 4.58. The van der Waals surface area contributed by atoms with Gasteiger partial charge in [-0.15, -0.1) is 0 Å². The average Bonchev–Trinajstić information content (AvgIpc) is 2.70. The van der Waals surface area contributed by atoms with Crippen molar-refractivity contribution >= 4 is 26.8 Å². The third kappa shape index (κ3) is 1.89. The van der Waals surface area contributed by atoms with E-state index in [2.05, 4.69) is 52.1 Å². The van der Waals surface area contributed by atoms with Gasteiger partial charge in [0.25, 0.3) is 0 Å². The monoisotopic (exact) mass is 289 g/mol. The van der Waals surface area contributed by atoms with E-state index < -0.39 is 0 Å². The van der Waals surface area contributed by atoms with E-state index in [1.807, 2.05) is 12.3 Å². The number of fused-ring (bicyclic) bond motifs is 1. The number of rotatable bonds is 1. The van der Waals surface area contributed by atoms with Gasteiger partial charge in [-0.05, 0) is 36.3 Å². The molecule has 0 aliphatic heterocycles. The lowest BCUT2D eigenvalue weighted by molar-refractivity contribution is 0.496. The average molecular weight is 290 g/mol. The molecule has 1 aliphatic rings. The Labute approximate surface area is 110 Å². The van der Waals surface area contributed by atoms with E-state index in [0.717, 1.165) is 0 Å². The van der Waals surface area contributed by atoms with Gasteiger partial charge in [0.05, 0.1) is 5.52 Å². The van der Waals surface area contributed by atoms with Crippen molar-refractivity contribution in [1.29, 1.82) is 0 Å². The van der Waals surface area contributed by atoms with Crippen LogP contribution in [0.5, 0.6) is 0 Å². The van der Waals surface area contributed by atoms with E-state index in [1.165, 1.54) is 35.7 Å². The van der Waals surface area contributed by atoms with Crippen molar-refractivity contribution < 1.29 is 0 Å². The SMILES string of the molecule is CC1(c2cccc3cccnc23)CCC(Br)C1. The Hall–Kier alpha value is -0.890. The second-order valence-corrected chi connectivity index (χ2v) is 6.58. The van der Waals surface area contributed by atoms with Crippen molar-refractivity contribution in [3.05, 3.63) is 42.1 Å². The van der Waals surface area contributed by atoms with Gasteiger partial charge >= 0.3 is 0 Å². The molecule has 3 rings (SSSR count). The number of alkyl halides is 1. The van der Waals surface area contributed by atoms with Crippen molar-refractivity contribution in [3.8, 4) is 0 Å². The third-order valence-electron chi connectivity index (χ3n) is 3.96. The first kappa shape index (κ1) is 11.2. The zero-order valence-electron chi connectivity index (χ0n) is 9.99. The molecule has 2 unspecified atom stereocenters. The summed E-state index contributed by atoms with van der Waals surface area (Å²) < 4.78 is 0. The molecular formula is C15H16BrN. The summed E-state index contributed by atoms with van der Waals surface area (Å²) in [5.74, 6) is 0. The fourth-order valence-corrected chi connectivity index (χ4v) is 3.95. The van der Waals surface area contributed by atoms with Crippen LogP contribution in [0.4, 0.5) is 0 Å². The Morgan fingerprint density at radius 1 is 1.29 bits per heavy atom. The molecule has 1 aliphatic carbocycles. The standard InChI is InChI=1S/C15H16BrN/c1-15(8-7-12(16)10-15)13-6-2-4-11-5-3-9-17-14(11)13/h2-6,9,12H,7-8,10H2,1H3. The van der Waals surface area contributed by atoms with Crippen LogP contribution >= 0.6 is 15.9 Å². The number of para-hydroxylation sites is 1. The van der Waals surface area contributed by atoms with Gasteiger partial charge in [-0.1, -0.05) is 47.1 Å². The molecule has 0 bridgehead atoms. The minimum Gasteiger partial charge on any atom is -0.256 e. The van der Waals surface area contributed by atoms with Crippen LogP contribution in [-0.4, -0.2) is 9.81 Å². The van der Waals surface area contributed by atoms with E-state index in [9.17, 15) is 0 Å². The smallest absolute Gasteiger partial charge is 0.0739 e. The molecule has 88 valence electrons. The fourth-order valence-electron chi connectivity index (χ4n) is 3.00.